The van der Waals surface area contributed by atoms with E-state index in [9.17, 15) is 9.59 Å². The molecule has 52 heavy (non-hydrogen) atoms. The standard InChI is InChI=1S/2C22H42O2.C2H7NO/c2*1-2-3-4-5-6-7-8-9-10-11-12-13-14-15-16-17-18-19-20-21-22(23)24;3-1-2-4/h2*9-10H,2-8,11-21H2,1H3,(H,23,24);4H,1-3H2/b2*10-9-;. The minimum Gasteiger partial charge on any atom is -0.481 e. The molecule has 0 atom stereocenters. The maximum Gasteiger partial charge on any atom is 0.303 e. The van der Waals surface area contributed by atoms with Gasteiger partial charge in [0.05, 0.1) is 6.61 Å². The summed E-state index contributed by atoms with van der Waals surface area (Å²) in [5.41, 5.74) is 4.78. The lowest BCUT2D eigenvalue weighted by molar-refractivity contribution is -0.138. The Hall–Kier alpha value is -1.66. The van der Waals surface area contributed by atoms with E-state index in [0.717, 1.165) is 25.7 Å². The normalized spacial score (nSPS) is 11.1. The number of allylic oxidation sites excluding steroid dienone is 4. The molecule has 0 aliphatic carbocycles. The second-order valence-corrected chi connectivity index (χ2v) is 14.8. The van der Waals surface area contributed by atoms with Crippen LogP contribution in [-0.2, 0) is 9.59 Å². The van der Waals surface area contributed by atoms with Gasteiger partial charge in [-0.2, -0.15) is 0 Å². The number of nitrogens with two attached hydrogens (primary N) is 1. The van der Waals surface area contributed by atoms with Crippen LogP contribution in [0.3, 0.4) is 0 Å². The van der Waals surface area contributed by atoms with Crippen molar-refractivity contribution < 1.29 is 24.9 Å². The van der Waals surface area contributed by atoms with Crippen LogP contribution >= 0.6 is 0 Å². The predicted octanol–water partition coefficient (Wildman–Crippen LogP) is 14.3. The van der Waals surface area contributed by atoms with Crippen molar-refractivity contribution in [1.29, 1.82) is 0 Å². The van der Waals surface area contributed by atoms with E-state index in [1.165, 1.54) is 193 Å². The van der Waals surface area contributed by atoms with E-state index < -0.39 is 11.9 Å². The average Bonchev–Trinajstić information content (AvgIpc) is 3.13. The third kappa shape index (κ3) is 63.4. The van der Waals surface area contributed by atoms with Gasteiger partial charge in [0.25, 0.3) is 0 Å². The fraction of sp³-hybridized carbons (Fsp3) is 0.870. The third-order valence-corrected chi connectivity index (χ3v) is 9.43. The molecule has 0 saturated heterocycles. The first kappa shape index (κ1) is 54.7. The molecule has 0 bridgehead atoms. The number of rotatable bonds is 39. The molecule has 0 heterocycles. The van der Waals surface area contributed by atoms with Gasteiger partial charge in [0.1, 0.15) is 0 Å². The topological polar surface area (TPSA) is 121 Å². The summed E-state index contributed by atoms with van der Waals surface area (Å²) in [6.45, 7) is 5.02. The van der Waals surface area contributed by atoms with Crippen molar-refractivity contribution in [2.24, 2.45) is 5.73 Å². The molecule has 0 aromatic rings. The van der Waals surface area contributed by atoms with Crippen molar-refractivity contribution >= 4 is 11.9 Å². The molecule has 0 aromatic carbocycles. The number of aliphatic hydroxyl groups excluding tert-OH is 1. The second kappa shape index (κ2) is 53.7. The Kier molecular flexibility index (Phi) is 56.5. The quantitative estimate of drug-likeness (QED) is 0.0368. The molecule has 0 rings (SSSR count). The molecule has 0 unspecified atom stereocenters. The van der Waals surface area contributed by atoms with E-state index in [1.54, 1.807) is 0 Å². The van der Waals surface area contributed by atoms with Gasteiger partial charge < -0.3 is 21.1 Å². The zero-order valence-electron chi connectivity index (χ0n) is 34.9. The van der Waals surface area contributed by atoms with Gasteiger partial charge in [-0.3, -0.25) is 9.59 Å². The molecule has 6 heteroatoms. The number of aliphatic carboxylic acids is 2. The van der Waals surface area contributed by atoms with E-state index in [2.05, 4.69) is 38.2 Å². The number of hydrogen-bond donors (Lipinski definition) is 4. The zero-order chi connectivity index (χ0) is 38.9. The van der Waals surface area contributed by atoms with Crippen LogP contribution in [0.15, 0.2) is 24.3 Å². The highest BCUT2D eigenvalue weighted by Crippen LogP contribution is 2.14. The van der Waals surface area contributed by atoms with Crippen molar-refractivity contribution in [2.75, 3.05) is 13.2 Å². The molecule has 0 radical (unpaired) electrons. The number of carboxylic acids is 2. The van der Waals surface area contributed by atoms with Crippen LogP contribution < -0.4 is 5.73 Å². The van der Waals surface area contributed by atoms with E-state index >= 15 is 0 Å². The van der Waals surface area contributed by atoms with E-state index in [-0.39, 0.29) is 6.61 Å². The number of unbranched alkanes of at least 4 members (excludes halogenated alkanes) is 30. The Morgan fingerprint density at radius 1 is 0.385 bits per heavy atom. The van der Waals surface area contributed by atoms with Gasteiger partial charge in [0, 0.05) is 19.4 Å². The van der Waals surface area contributed by atoms with Crippen molar-refractivity contribution in [2.45, 2.75) is 245 Å². The Balaban J connectivity index is -0.000000836. The van der Waals surface area contributed by atoms with Crippen molar-refractivity contribution in [3.63, 3.8) is 0 Å². The number of hydrogen-bond acceptors (Lipinski definition) is 4. The fourth-order valence-corrected chi connectivity index (χ4v) is 6.11. The van der Waals surface area contributed by atoms with Gasteiger partial charge in [-0.25, -0.2) is 0 Å². The van der Waals surface area contributed by atoms with Crippen LogP contribution in [-0.4, -0.2) is 40.4 Å². The monoisotopic (exact) mass is 738 g/mol. The maximum atomic E-state index is 10.4. The number of carbonyl (C=O) groups is 2. The Labute approximate surface area is 324 Å². The molecule has 0 amide bonds. The Morgan fingerprint density at radius 3 is 0.769 bits per heavy atom. The summed E-state index contributed by atoms with van der Waals surface area (Å²) in [6.07, 6.45) is 54.2. The van der Waals surface area contributed by atoms with Gasteiger partial charge in [0.15, 0.2) is 0 Å². The van der Waals surface area contributed by atoms with Gasteiger partial charge in [-0.15, -0.1) is 0 Å². The summed E-state index contributed by atoms with van der Waals surface area (Å²) >= 11 is 0. The van der Waals surface area contributed by atoms with Crippen LogP contribution in [0.5, 0.6) is 0 Å². The van der Waals surface area contributed by atoms with E-state index in [4.69, 9.17) is 21.1 Å². The van der Waals surface area contributed by atoms with Crippen LogP contribution in [0.25, 0.3) is 0 Å². The first-order valence-electron chi connectivity index (χ1n) is 22.5. The second-order valence-electron chi connectivity index (χ2n) is 14.8. The Bertz CT molecular complexity index is 664. The first-order chi connectivity index (χ1) is 25.5. The zero-order valence-corrected chi connectivity index (χ0v) is 34.9. The van der Waals surface area contributed by atoms with Crippen LogP contribution in [0.2, 0.25) is 0 Å². The summed E-state index contributed by atoms with van der Waals surface area (Å²) in [5.74, 6) is -1.31. The smallest absolute Gasteiger partial charge is 0.303 e. The predicted molar refractivity (Wildman–Crippen MR) is 227 cm³/mol. The Morgan fingerprint density at radius 2 is 0.577 bits per heavy atom. The number of aliphatic hydroxyl groups is 1. The maximum absolute atomic E-state index is 10.4. The average molecular weight is 738 g/mol. The summed E-state index contributed by atoms with van der Waals surface area (Å²) in [7, 11) is 0. The highest BCUT2D eigenvalue weighted by molar-refractivity contribution is 5.66. The highest BCUT2D eigenvalue weighted by Gasteiger charge is 1.98. The summed E-state index contributed by atoms with van der Waals surface area (Å²) < 4.78 is 0. The lowest BCUT2D eigenvalue weighted by atomic mass is 10.1. The van der Waals surface area contributed by atoms with E-state index in [1.807, 2.05) is 0 Å². The fourth-order valence-electron chi connectivity index (χ4n) is 6.11. The summed E-state index contributed by atoms with van der Waals surface area (Å²) in [5, 5.41) is 24.9. The molecule has 0 aliphatic heterocycles. The summed E-state index contributed by atoms with van der Waals surface area (Å²) in [4.78, 5) is 20.8. The molecule has 310 valence electrons. The highest BCUT2D eigenvalue weighted by atomic mass is 16.4. The van der Waals surface area contributed by atoms with Gasteiger partial charge >= 0.3 is 11.9 Å². The summed E-state index contributed by atoms with van der Waals surface area (Å²) in [6, 6.07) is 0. The van der Waals surface area contributed by atoms with Gasteiger partial charge in [-0.05, 0) is 64.2 Å². The molecule has 0 aliphatic rings. The van der Waals surface area contributed by atoms with Crippen LogP contribution in [0.4, 0.5) is 0 Å². The largest absolute Gasteiger partial charge is 0.481 e. The van der Waals surface area contributed by atoms with Crippen molar-refractivity contribution in [3.8, 4) is 0 Å². The molecule has 0 saturated carbocycles. The molecule has 5 N–H and O–H groups in total. The molecular weight excluding hydrogens is 647 g/mol. The van der Waals surface area contributed by atoms with E-state index in [0.29, 0.717) is 19.4 Å². The minimum atomic E-state index is -0.656. The molecule has 6 nitrogen and oxygen atoms in total. The first-order valence-corrected chi connectivity index (χ1v) is 22.5. The van der Waals surface area contributed by atoms with Crippen LogP contribution in [0.1, 0.15) is 245 Å². The molecule has 0 fully saturated rings. The third-order valence-electron chi connectivity index (χ3n) is 9.43. The SMILES string of the molecule is CCCCCCCC/C=C\CCCCCCCCCCCC(=O)O.CCCCCCCC/C=C\CCCCCCCCCCCC(=O)O.NCCO. The van der Waals surface area contributed by atoms with Gasteiger partial charge in [-0.1, -0.05) is 192 Å². The van der Waals surface area contributed by atoms with Crippen molar-refractivity contribution in [1.82, 2.24) is 0 Å². The van der Waals surface area contributed by atoms with Crippen molar-refractivity contribution in [3.05, 3.63) is 24.3 Å². The number of carboxylic acid groups (broad SMARTS) is 2. The molecule has 0 aromatic heterocycles. The van der Waals surface area contributed by atoms with Gasteiger partial charge in [0.2, 0.25) is 0 Å². The van der Waals surface area contributed by atoms with Crippen LogP contribution in [0, 0.1) is 0 Å². The minimum absolute atomic E-state index is 0.0972. The molecular formula is C46H91NO5. The lowest BCUT2D eigenvalue weighted by Crippen LogP contribution is -2.02. The molecule has 0 spiro atoms. The lowest BCUT2D eigenvalue weighted by Gasteiger charge is -2.01.